The average molecular weight is 776 g/mol. The highest BCUT2D eigenvalue weighted by Gasteiger charge is 2.52. The maximum Gasteiger partial charge on any atom is 0.135 e. The molecule has 0 aliphatic heterocycles. The van der Waals surface area contributed by atoms with Crippen molar-refractivity contribution in [2.45, 2.75) is 5.41 Å². The lowest BCUT2D eigenvalue weighted by atomic mass is 9.69. The summed E-state index contributed by atoms with van der Waals surface area (Å²) in [6, 6.07) is 82.4. The molecule has 11 aromatic rings. The molecule has 1 heterocycles. The number of hydrogen-bond donors (Lipinski definition) is 0. The van der Waals surface area contributed by atoms with Crippen LogP contribution in [0.5, 0.6) is 0 Å². The number of hydrogen-bond acceptors (Lipinski definition) is 2. The fraction of sp³-hybridized carbons (Fsp3) is 0.0169. The topological polar surface area (TPSA) is 16.4 Å². The molecule has 2 heteroatoms. The molecule has 1 aromatic heterocycles. The van der Waals surface area contributed by atoms with Gasteiger partial charge in [0.25, 0.3) is 0 Å². The molecule has 61 heavy (non-hydrogen) atoms. The van der Waals surface area contributed by atoms with Crippen molar-refractivity contribution in [2.75, 3.05) is 4.90 Å². The van der Waals surface area contributed by atoms with Gasteiger partial charge in [-0.15, -0.1) is 0 Å². The minimum atomic E-state index is -0.489. The summed E-state index contributed by atoms with van der Waals surface area (Å²) < 4.78 is 6.17. The summed E-state index contributed by atoms with van der Waals surface area (Å²) >= 11 is 0. The van der Waals surface area contributed by atoms with Crippen LogP contribution in [0.3, 0.4) is 0 Å². The van der Waals surface area contributed by atoms with E-state index in [1.807, 2.05) is 12.1 Å². The fourth-order valence-corrected chi connectivity index (χ4v) is 10.6. The van der Waals surface area contributed by atoms with Crippen LogP contribution in [0.4, 0.5) is 17.1 Å². The molecule has 0 amide bonds. The molecule has 0 fully saturated rings. The van der Waals surface area contributed by atoms with Gasteiger partial charge < -0.3 is 9.32 Å². The third kappa shape index (κ3) is 4.91. The number of furan rings is 1. The molecule has 1 spiro atoms. The second kappa shape index (κ2) is 13.0. The maximum absolute atomic E-state index is 6.17. The highest BCUT2D eigenvalue weighted by atomic mass is 16.3. The van der Waals surface area contributed by atoms with Gasteiger partial charge >= 0.3 is 0 Å². The predicted molar refractivity (Wildman–Crippen MR) is 253 cm³/mol. The second-order valence-corrected chi connectivity index (χ2v) is 16.4. The van der Waals surface area contributed by atoms with Crippen molar-refractivity contribution < 1.29 is 4.42 Å². The van der Waals surface area contributed by atoms with Crippen LogP contribution in [0.15, 0.2) is 229 Å². The number of benzene rings is 10. The van der Waals surface area contributed by atoms with E-state index < -0.39 is 5.41 Å². The van der Waals surface area contributed by atoms with Crippen molar-refractivity contribution in [1.29, 1.82) is 0 Å². The van der Waals surface area contributed by atoms with Crippen molar-refractivity contribution >= 4 is 49.8 Å². The first kappa shape index (κ1) is 34.0. The Hall–Kier alpha value is -7.94. The summed E-state index contributed by atoms with van der Waals surface area (Å²) in [5, 5.41) is 4.83. The van der Waals surface area contributed by atoms with Crippen molar-refractivity contribution in [2.24, 2.45) is 0 Å². The zero-order valence-electron chi connectivity index (χ0n) is 33.2. The van der Waals surface area contributed by atoms with Gasteiger partial charge in [-0.3, -0.25) is 0 Å². The van der Waals surface area contributed by atoms with Gasteiger partial charge in [-0.25, -0.2) is 0 Å². The Morgan fingerprint density at radius 3 is 1.57 bits per heavy atom. The van der Waals surface area contributed by atoms with Gasteiger partial charge in [-0.2, -0.15) is 0 Å². The molecule has 0 unspecified atom stereocenters. The molecule has 2 aliphatic rings. The van der Waals surface area contributed by atoms with Gasteiger partial charge in [0.2, 0.25) is 0 Å². The number of fused-ring (bicyclic) bond motifs is 15. The summed E-state index contributed by atoms with van der Waals surface area (Å²) in [6.07, 6.45) is 0. The van der Waals surface area contributed by atoms with Crippen LogP contribution in [0.1, 0.15) is 22.3 Å². The van der Waals surface area contributed by atoms with Crippen LogP contribution in [0.2, 0.25) is 0 Å². The first-order valence-corrected chi connectivity index (χ1v) is 21.1. The molecule has 13 rings (SSSR count). The monoisotopic (exact) mass is 775 g/mol. The lowest BCUT2D eigenvalue weighted by Gasteiger charge is -2.33. The van der Waals surface area contributed by atoms with E-state index in [0.29, 0.717) is 0 Å². The number of para-hydroxylation sites is 1. The second-order valence-electron chi connectivity index (χ2n) is 16.4. The SMILES string of the molecule is c1ccc(-c2ccc(N(c3ccc(-c4ccc5oc6ccccc6c5c4)cc3)c3ccc4c(c3)C3(c5ccccc5-c5ccccc53)c3c-4ccc4ccccc34)cc2)cc1. The van der Waals surface area contributed by atoms with Crippen molar-refractivity contribution in [1.82, 2.24) is 0 Å². The zero-order valence-corrected chi connectivity index (χ0v) is 33.2. The lowest BCUT2D eigenvalue weighted by Crippen LogP contribution is -2.26. The van der Waals surface area contributed by atoms with Crippen LogP contribution >= 0.6 is 0 Å². The molecule has 0 N–H and O–H groups in total. The molecule has 0 radical (unpaired) electrons. The largest absolute Gasteiger partial charge is 0.456 e. The number of rotatable bonds is 5. The zero-order chi connectivity index (χ0) is 40.1. The van der Waals surface area contributed by atoms with E-state index in [-0.39, 0.29) is 0 Å². The van der Waals surface area contributed by atoms with E-state index in [2.05, 4.69) is 217 Å². The van der Waals surface area contributed by atoms with E-state index in [4.69, 9.17) is 4.42 Å². The molecule has 0 saturated carbocycles. The van der Waals surface area contributed by atoms with Crippen LogP contribution in [0.25, 0.3) is 77.2 Å². The molecular formula is C59H37NO. The minimum Gasteiger partial charge on any atom is -0.456 e. The Morgan fingerprint density at radius 2 is 0.836 bits per heavy atom. The Morgan fingerprint density at radius 1 is 0.311 bits per heavy atom. The molecule has 0 saturated heterocycles. The van der Waals surface area contributed by atoms with E-state index in [1.165, 1.54) is 66.4 Å². The molecule has 2 nitrogen and oxygen atoms in total. The molecule has 0 atom stereocenters. The van der Waals surface area contributed by atoms with Crippen LogP contribution in [0, 0.1) is 0 Å². The quantitative estimate of drug-likeness (QED) is 0.173. The maximum atomic E-state index is 6.17. The molecule has 284 valence electrons. The van der Waals surface area contributed by atoms with Gasteiger partial charge in [0, 0.05) is 27.8 Å². The summed E-state index contributed by atoms with van der Waals surface area (Å²) in [6.45, 7) is 0. The van der Waals surface area contributed by atoms with Gasteiger partial charge in [-0.1, -0.05) is 170 Å². The number of nitrogens with zero attached hydrogens (tertiary/aromatic N) is 1. The Kier molecular flexibility index (Phi) is 7.26. The van der Waals surface area contributed by atoms with Crippen LogP contribution < -0.4 is 4.90 Å². The summed E-state index contributed by atoms with van der Waals surface area (Å²) in [4.78, 5) is 2.42. The standard InChI is InChI=1S/C59H37NO/c1-2-12-38(13-3-1)39-22-28-43(29-23-39)60(44-30-24-40(25-31-44)42-27-35-57-52(36-42)50-18-8-11-21-56(50)61-57)45-32-34-49-51-33-26-41-14-4-5-15-46(41)58(51)59(55(49)37-45)53-19-9-6-16-47(53)48-17-7-10-20-54(48)59/h1-37H. The smallest absolute Gasteiger partial charge is 0.135 e. The minimum absolute atomic E-state index is 0.489. The summed E-state index contributed by atoms with van der Waals surface area (Å²) in [5.74, 6) is 0. The number of anilines is 3. The van der Waals surface area contributed by atoms with Crippen LogP contribution in [-0.2, 0) is 5.41 Å². The molecule has 2 aliphatic carbocycles. The van der Waals surface area contributed by atoms with Crippen molar-refractivity contribution in [3.8, 4) is 44.5 Å². The van der Waals surface area contributed by atoms with Gasteiger partial charge in [0.15, 0.2) is 0 Å². The van der Waals surface area contributed by atoms with E-state index in [1.54, 1.807) is 0 Å². The highest BCUT2D eigenvalue weighted by molar-refractivity contribution is 6.07. The molecule has 10 aromatic carbocycles. The summed E-state index contributed by atoms with van der Waals surface area (Å²) in [7, 11) is 0. The van der Waals surface area contributed by atoms with Crippen LogP contribution in [-0.4, -0.2) is 0 Å². The Bertz CT molecular complexity index is 3480. The lowest BCUT2D eigenvalue weighted by molar-refractivity contribution is 0.669. The summed E-state index contributed by atoms with van der Waals surface area (Å²) in [5.41, 5.74) is 19.9. The van der Waals surface area contributed by atoms with Crippen molar-refractivity contribution in [3.05, 3.63) is 247 Å². The van der Waals surface area contributed by atoms with E-state index in [9.17, 15) is 0 Å². The average Bonchev–Trinajstić information content (AvgIpc) is 3.96. The third-order valence-electron chi connectivity index (χ3n) is 13.3. The third-order valence-corrected chi connectivity index (χ3v) is 13.3. The van der Waals surface area contributed by atoms with Gasteiger partial charge in [0.05, 0.1) is 5.41 Å². The Labute approximate surface area is 354 Å². The predicted octanol–water partition coefficient (Wildman–Crippen LogP) is 15.9. The van der Waals surface area contributed by atoms with E-state index in [0.717, 1.165) is 50.1 Å². The molecular weight excluding hydrogens is 739 g/mol. The van der Waals surface area contributed by atoms with Gasteiger partial charge in [0.1, 0.15) is 11.2 Å². The molecule has 0 bridgehead atoms. The fourth-order valence-electron chi connectivity index (χ4n) is 10.6. The van der Waals surface area contributed by atoms with Crippen molar-refractivity contribution in [3.63, 3.8) is 0 Å². The normalized spacial score (nSPS) is 13.0. The van der Waals surface area contributed by atoms with E-state index >= 15 is 0 Å². The first-order chi connectivity index (χ1) is 30.2. The van der Waals surface area contributed by atoms with Gasteiger partial charge in [-0.05, 0) is 132 Å². The first-order valence-electron chi connectivity index (χ1n) is 21.1. The Balaban J connectivity index is 1.01. The highest BCUT2D eigenvalue weighted by Crippen LogP contribution is 2.64.